The van der Waals surface area contributed by atoms with Crippen molar-refractivity contribution in [3.8, 4) is 0 Å². The predicted molar refractivity (Wildman–Crippen MR) is 122 cm³/mol. The second-order valence-corrected chi connectivity index (χ2v) is 10.7. The van der Waals surface area contributed by atoms with Crippen molar-refractivity contribution in [3.05, 3.63) is 47.6 Å². The van der Waals surface area contributed by atoms with Gasteiger partial charge in [0.25, 0.3) is 0 Å². The summed E-state index contributed by atoms with van der Waals surface area (Å²) in [6, 6.07) is 0. The number of rotatable bonds is 5. The zero-order valence-electron chi connectivity index (χ0n) is 18.8. The molecule has 0 amide bonds. The fourth-order valence-corrected chi connectivity index (χ4v) is 6.63. The molecule has 0 aliphatic heterocycles. The van der Waals surface area contributed by atoms with Gasteiger partial charge >= 0.3 is 0 Å². The van der Waals surface area contributed by atoms with Crippen LogP contribution in [-0.4, -0.2) is 33.6 Å². The molecule has 0 saturated heterocycles. The summed E-state index contributed by atoms with van der Waals surface area (Å²) in [5, 5.41) is 30.4. The normalized spacial score (nSPS) is 42.1. The van der Waals surface area contributed by atoms with Crippen molar-refractivity contribution in [2.24, 2.45) is 29.1 Å². The van der Waals surface area contributed by atoms with Crippen molar-refractivity contribution in [2.45, 2.75) is 89.9 Å². The van der Waals surface area contributed by atoms with Crippen LogP contribution in [0.25, 0.3) is 0 Å². The predicted octanol–water partition coefficient (Wildman–Crippen LogP) is 5.09. The summed E-state index contributed by atoms with van der Waals surface area (Å²) in [5.74, 6) is 2.28. The van der Waals surface area contributed by atoms with E-state index in [0.29, 0.717) is 41.9 Å². The first kappa shape index (κ1) is 22.0. The molecule has 0 unspecified atom stereocenters. The van der Waals surface area contributed by atoms with Crippen molar-refractivity contribution in [3.63, 3.8) is 0 Å². The van der Waals surface area contributed by atoms with Gasteiger partial charge in [0, 0.05) is 6.42 Å². The molecule has 4 fully saturated rings. The van der Waals surface area contributed by atoms with Crippen LogP contribution in [0.1, 0.15) is 71.6 Å². The Morgan fingerprint density at radius 2 is 1.87 bits per heavy atom. The third kappa shape index (κ3) is 4.40. The molecule has 0 radical (unpaired) electrons. The molecule has 3 N–H and O–H groups in total. The van der Waals surface area contributed by atoms with Crippen LogP contribution in [0.2, 0.25) is 0 Å². The zero-order chi connectivity index (χ0) is 21.5. The SMILES string of the molecule is C=C1/C(=C\C=C2\CCC[C@]3(C)[C@@H]([C@H](C)/C=C/[C@@H](O)C4CC4)CC[C@@H]23)C[C@@H](O)C[C@@H]1O. The van der Waals surface area contributed by atoms with E-state index in [0.717, 1.165) is 17.6 Å². The lowest BCUT2D eigenvalue weighted by Gasteiger charge is -2.44. The number of aliphatic hydroxyl groups is 3. The van der Waals surface area contributed by atoms with Crippen molar-refractivity contribution in [1.82, 2.24) is 0 Å². The number of fused-ring (bicyclic) bond motifs is 1. The van der Waals surface area contributed by atoms with Crippen LogP contribution < -0.4 is 0 Å². The van der Waals surface area contributed by atoms with Gasteiger partial charge in [0.2, 0.25) is 0 Å². The largest absolute Gasteiger partial charge is 0.393 e. The summed E-state index contributed by atoms with van der Waals surface area (Å²) < 4.78 is 0. The molecular weight excluding hydrogens is 372 g/mol. The first-order valence-corrected chi connectivity index (χ1v) is 12.1. The van der Waals surface area contributed by atoms with Crippen molar-refractivity contribution in [2.75, 3.05) is 0 Å². The van der Waals surface area contributed by atoms with E-state index in [1.807, 2.05) is 0 Å². The molecule has 3 nitrogen and oxygen atoms in total. The maximum absolute atomic E-state index is 10.2. The molecular formula is C27H40O3. The van der Waals surface area contributed by atoms with Gasteiger partial charge in [-0.1, -0.05) is 50.3 Å². The van der Waals surface area contributed by atoms with E-state index >= 15 is 0 Å². The maximum atomic E-state index is 10.2. The Hall–Kier alpha value is -1.16. The van der Waals surface area contributed by atoms with E-state index in [2.05, 4.69) is 44.7 Å². The van der Waals surface area contributed by atoms with Gasteiger partial charge in [-0.05, 0) is 91.6 Å². The van der Waals surface area contributed by atoms with Crippen molar-refractivity contribution >= 4 is 0 Å². The minimum atomic E-state index is -0.621. The minimum Gasteiger partial charge on any atom is -0.393 e. The molecule has 4 rings (SSSR count). The monoisotopic (exact) mass is 412 g/mol. The first-order chi connectivity index (χ1) is 14.3. The van der Waals surface area contributed by atoms with E-state index in [4.69, 9.17) is 0 Å². The van der Waals surface area contributed by atoms with Crippen LogP contribution in [0.5, 0.6) is 0 Å². The second-order valence-electron chi connectivity index (χ2n) is 10.7. The molecule has 0 aromatic carbocycles. The van der Waals surface area contributed by atoms with Crippen LogP contribution in [0, 0.1) is 29.1 Å². The Kier molecular flexibility index (Phi) is 6.44. The molecule has 0 heterocycles. The quantitative estimate of drug-likeness (QED) is 0.551. The third-order valence-corrected chi connectivity index (χ3v) is 8.65. The van der Waals surface area contributed by atoms with E-state index in [-0.39, 0.29) is 6.10 Å². The van der Waals surface area contributed by atoms with E-state index in [1.165, 1.54) is 44.1 Å². The highest BCUT2D eigenvalue weighted by atomic mass is 16.3. The molecule has 3 heteroatoms. The molecule has 0 aromatic heterocycles. The lowest BCUT2D eigenvalue weighted by atomic mass is 9.61. The molecule has 30 heavy (non-hydrogen) atoms. The highest BCUT2D eigenvalue weighted by molar-refractivity contribution is 5.38. The Morgan fingerprint density at radius 1 is 1.10 bits per heavy atom. The number of hydrogen-bond acceptors (Lipinski definition) is 3. The van der Waals surface area contributed by atoms with Crippen molar-refractivity contribution in [1.29, 1.82) is 0 Å². The standard InChI is InChI=1S/C27H40O3/c1-17(6-13-25(29)20-8-9-20)23-11-12-24-19(5-4-14-27(23,24)3)7-10-21-15-22(28)16-26(30)18(21)2/h6-7,10,13,17,20,22-26,28-30H,2,4-5,8-9,11-12,14-16H2,1,3H3/b13-6+,19-7-,21-10-/t17-,22-,23-,24+,25-,26+,27-/m1/s1. The van der Waals surface area contributed by atoms with E-state index in [1.54, 1.807) is 0 Å². The van der Waals surface area contributed by atoms with Crippen LogP contribution in [0.4, 0.5) is 0 Å². The smallest absolute Gasteiger partial charge is 0.0811 e. The summed E-state index contributed by atoms with van der Waals surface area (Å²) >= 11 is 0. The highest BCUT2D eigenvalue weighted by Gasteiger charge is 2.50. The average Bonchev–Trinajstić information content (AvgIpc) is 3.49. The lowest BCUT2D eigenvalue weighted by molar-refractivity contribution is 0.0862. The molecule has 166 valence electrons. The molecule has 0 spiro atoms. The molecule has 0 aromatic rings. The molecule has 4 saturated carbocycles. The Bertz CT molecular complexity index is 743. The summed E-state index contributed by atoms with van der Waals surface area (Å²) in [6.45, 7) is 8.88. The van der Waals surface area contributed by atoms with E-state index < -0.39 is 12.2 Å². The van der Waals surface area contributed by atoms with Crippen LogP contribution >= 0.6 is 0 Å². The second kappa shape index (κ2) is 8.76. The average molecular weight is 413 g/mol. The number of aliphatic hydroxyl groups excluding tert-OH is 3. The summed E-state index contributed by atoms with van der Waals surface area (Å²) in [7, 11) is 0. The fourth-order valence-electron chi connectivity index (χ4n) is 6.63. The van der Waals surface area contributed by atoms with Gasteiger partial charge in [0.15, 0.2) is 0 Å². The third-order valence-electron chi connectivity index (χ3n) is 8.65. The summed E-state index contributed by atoms with van der Waals surface area (Å²) in [4.78, 5) is 0. The number of hydrogen-bond donors (Lipinski definition) is 3. The van der Waals surface area contributed by atoms with Crippen LogP contribution in [0.3, 0.4) is 0 Å². The lowest BCUT2D eigenvalue weighted by Crippen LogP contribution is -2.35. The van der Waals surface area contributed by atoms with Crippen LogP contribution in [-0.2, 0) is 0 Å². The van der Waals surface area contributed by atoms with Gasteiger partial charge in [-0.3, -0.25) is 0 Å². The van der Waals surface area contributed by atoms with Gasteiger partial charge in [-0.25, -0.2) is 0 Å². The first-order valence-electron chi connectivity index (χ1n) is 12.1. The molecule has 0 bridgehead atoms. The van der Waals surface area contributed by atoms with Gasteiger partial charge in [0.1, 0.15) is 0 Å². The number of allylic oxidation sites excluding steroid dienone is 4. The fraction of sp³-hybridized carbons (Fsp3) is 0.704. The Morgan fingerprint density at radius 3 is 2.60 bits per heavy atom. The van der Waals surface area contributed by atoms with Gasteiger partial charge in [-0.2, -0.15) is 0 Å². The van der Waals surface area contributed by atoms with E-state index in [9.17, 15) is 15.3 Å². The Labute approximate surface area is 182 Å². The van der Waals surface area contributed by atoms with Crippen molar-refractivity contribution < 1.29 is 15.3 Å². The molecule has 4 aliphatic rings. The van der Waals surface area contributed by atoms with Crippen LogP contribution in [0.15, 0.2) is 47.6 Å². The topological polar surface area (TPSA) is 60.7 Å². The zero-order valence-corrected chi connectivity index (χ0v) is 18.8. The van der Waals surface area contributed by atoms with Gasteiger partial charge in [-0.15, -0.1) is 0 Å². The summed E-state index contributed by atoms with van der Waals surface area (Å²) in [5.41, 5.74) is 3.63. The van der Waals surface area contributed by atoms with Gasteiger partial charge in [0.05, 0.1) is 18.3 Å². The highest BCUT2D eigenvalue weighted by Crippen LogP contribution is 2.59. The minimum absolute atomic E-state index is 0.250. The molecule has 4 aliphatic carbocycles. The Balaban J connectivity index is 1.48. The molecule has 7 atom stereocenters. The maximum Gasteiger partial charge on any atom is 0.0811 e. The van der Waals surface area contributed by atoms with Gasteiger partial charge < -0.3 is 15.3 Å². The summed E-state index contributed by atoms with van der Waals surface area (Å²) in [6.07, 6.45) is 16.9.